The predicted molar refractivity (Wildman–Crippen MR) is 75.4 cm³/mol. The summed E-state index contributed by atoms with van der Waals surface area (Å²) in [5.74, 6) is 0. The molecule has 0 saturated heterocycles. The number of benzene rings is 1. The summed E-state index contributed by atoms with van der Waals surface area (Å²) in [6, 6.07) is 10.4. The Morgan fingerprint density at radius 3 is 2.72 bits per heavy atom. The molecular formula is C15H21N3. The first-order valence-corrected chi connectivity index (χ1v) is 6.68. The van der Waals surface area contributed by atoms with Gasteiger partial charge in [-0.25, -0.2) is 0 Å². The van der Waals surface area contributed by atoms with E-state index in [9.17, 15) is 0 Å². The van der Waals surface area contributed by atoms with Crippen molar-refractivity contribution in [2.45, 2.75) is 26.3 Å². The number of aromatic nitrogens is 2. The molecule has 3 heteroatoms. The summed E-state index contributed by atoms with van der Waals surface area (Å²) in [5, 5.41) is 7.74. The van der Waals surface area contributed by atoms with E-state index < -0.39 is 0 Å². The van der Waals surface area contributed by atoms with Gasteiger partial charge in [-0.3, -0.25) is 4.68 Å². The fraction of sp³-hybridized carbons (Fsp3) is 0.400. The Morgan fingerprint density at radius 2 is 1.94 bits per heavy atom. The Kier molecular flexibility index (Phi) is 4.97. The molecule has 0 saturated carbocycles. The molecule has 0 atom stereocenters. The molecule has 3 nitrogen and oxygen atoms in total. The largest absolute Gasteiger partial charge is 0.317 e. The normalized spacial score (nSPS) is 10.7. The number of nitrogens with zero attached hydrogens (tertiary/aromatic N) is 2. The molecule has 1 heterocycles. The summed E-state index contributed by atoms with van der Waals surface area (Å²) in [4.78, 5) is 0. The third-order valence-corrected chi connectivity index (χ3v) is 2.98. The van der Waals surface area contributed by atoms with Crippen molar-refractivity contribution in [3.8, 4) is 11.1 Å². The van der Waals surface area contributed by atoms with E-state index in [2.05, 4.69) is 47.8 Å². The van der Waals surface area contributed by atoms with Gasteiger partial charge in [0.1, 0.15) is 0 Å². The Hall–Kier alpha value is -1.61. The van der Waals surface area contributed by atoms with Gasteiger partial charge in [0.2, 0.25) is 0 Å². The molecule has 0 fully saturated rings. The zero-order chi connectivity index (χ0) is 12.6. The number of hydrogen-bond acceptors (Lipinski definition) is 2. The van der Waals surface area contributed by atoms with Crippen molar-refractivity contribution >= 4 is 0 Å². The molecule has 0 aliphatic heterocycles. The first-order chi connectivity index (χ1) is 8.90. The maximum Gasteiger partial charge on any atom is 0.0568 e. The quantitative estimate of drug-likeness (QED) is 0.758. The molecule has 96 valence electrons. The van der Waals surface area contributed by atoms with E-state index in [1.165, 1.54) is 24.0 Å². The zero-order valence-electron chi connectivity index (χ0n) is 11.0. The second kappa shape index (κ2) is 6.97. The van der Waals surface area contributed by atoms with Gasteiger partial charge in [0.25, 0.3) is 0 Å². The van der Waals surface area contributed by atoms with Gasteiger partial charge in [-0.1, -0.05) is 37.3 Å². The molecule has 2 rings (SSSR count). The number of nitrogens with one attached hydrogen (secondary N) is 1. The predicted octanol–water partition coefficient (Wildman–Crippen LogP) is 2.94. The average molecular weight is 243 g/mol. The molecule has 0 amide bonds. The molecule has 0 radical (unpaired) electrons. The topological polar surface area (TPSA) is 29.9 Å². The van der Waals surface area contributed by atoms with E-state index in [-0.39, 0.29) is 0 Å². The van der Waals surface area contributed by atoms with Crippen molar-refractivity contribution in [1.82, 2.24) is 15.1 Å². The third kappa shape index (κ3) is 3.70. The number of unbranched alkanes of at least 4 members (excludes halogenated alkanes) is 1. The molecule has 2 aromatic rings. The molecule has 0 unspecified atom stereocenters. The first kappa shape index (κ1) is 12.8. The lowest BCUT2D eigenvalue weighted by molar-refractivity contribution is 0.540. The van der Waals surface area contributed by atoms with Crippen LogP contribution in [0.4, 0.5) is 0 Å². The van der Waals surface area contributed by atoms with Crippen molar-refractivity contribution in [3.63, 3.8) is 0 Å². The summed E-state index contributed by atoms with van der Waals surface area (Å²) < 4.78 is 2.04. The summed E-state index contributed by atoms with van der Waals surface area (Å²) in [5.41, 5.74) is 2.43. The van der Waals surface area contributed by atoms with E-state index in [4.69, 9.17) is 0 Å². The van der Waals surface area contributed by atoms with Crippen molar-refractivity contribution in [2.24, 2.45) is 0 Å². The summed E-state index contributed by atoms with van der Waals surface area (Å²) >= 11 is 0. The van der Waals surface area contributed by atoms with E-state index in [0.29, 0.717) is 0 Å². The highest BCUT2D eigenvalue weighted by Crippen LogP contribution is 2.17. The van der Waals surface area contributed by atoms with Gasteiger partial charge < -0.3 is 5.32 Å². The van der Waals surface area contributed by atoms with E-state index in [1.54, 1.807) is 0 Å². The van der Waals surface area contributed by atoms with E-state index in [0.717, 1.165) is 19.6 Å². The van der Waals surface area contributed by atoms with Crippen LogP contribution >= 0.6 is 0 Å². The highest BCUT2D eigenvalue weighted by molar-refractivity contribution is 5.61. The lowest BCUT2D eigenvalue weighted by atomic mass is 10.1. The average Bonchev–Trinajstić information content (AvgIpc) is 2.88. The van der Waals surface area contributed by atoms with Crippen LogP contribution in [0.25, 0.3) is 11.1 Å². The standard InChI is InChI=1S/C15H21N3/c1-2-16-10-6-7-11-18-13-15(12-17-18)14-8-4-3-5-9-14/h3-5,8-9,12-13,16H,2,6-7,10-11H2,1H3. The number of rotatable bonds is 7. The molecule has 0 aliphatic rings. The van der Waals surface area contributed by atoms with Crippen molar-refractivity contribution < 1.29 is 0 Å². The molecule has 0 spiro atoms. The van der Waals surface area contributed by atoms with E-state index >= 15 is 0 Å². The highest BCUT2D eigenvalue weighted by Gasteiger charge is 2.00. The lowest BCUT2D eigenvalue weighted by Crippen LogP contribution is -2.14. The van der Waals surface area contributed by atoms with Crippen LogP contribution in [0, 0.1) is 0 Å². The third-order valence-electron chi connectivity index (χ3n) is 2.98. The maximum absolute atomic E-state index is 4.41. The van der Waals surface area contributed by atoms with Crippen LogP contribution in [-0.2, 0) is 6.54 Å². The molecule has 0 bridgehead atoms. The van der Waals surface area contributed by atoms with Gasteiger partial charge in [-0.05, 0) is 31.5 Å². The van der Waals surface area contributed by atoms with Gasteiger partial charge >= 0.3 is 0 Å². The second-order valence-corrected chi connectivity index (χ2v) is 4.42. The smallest absolute Gasteiger partial charge is 0.0568 e. The van der Waals surface area contributed by atoms with Gasteiger partial charge in [0.15, 0.2) is 0 Å². The van der Waals surface area contributed by atoms with Crippen molar-refractivity contribution in [2.75, 3.05) is 13.1 Å². The Bertz CT molecular complexity index is 448. The second-order valence-electron chi connectivity index (χ2n) is 4.42. The minimum Gasteiger partial charge on any atom is -0.317 e. The molecule has 1 aromatic carbocycles. The van der Waals surface area contributed by atoms with Crippen LogP contribution in [0.2, 0.25) is 0 Å². The van der Waals surface area contributed by atoms with Crippen LogP contribution in [0.3, 0.4) is 0 Å². The van der Waals surface area contributed by atoms with Gasteiger partial charge in [0.05, 0.1) is 6.20 Å². The van der Waals surface area contributed by atoms with Gasteiger partial charge in [0, 0.05) is 18.3 Å². The Labute approximate surface area is 109 Å². The van der Waals surface area contributed by atoms with Crippen LogP contribution in [0.15, 0.2) is 42.7 Å². The van der Waals surface area contributed by atoms with Crippen LogP contribution in [0.1, 0.15) is 19.8 Å². The van der Waals surface area contributed by atoms with Crippen LogP contribution in [0.5, 0.6) is 0 Å². The van der Waals surface area contributed by atoms with Crippen molar-refractivity contribution in [1.29, 1.82) is 0 Å². The monoisotopic (exact) mass is 243 g/mol. The van der Waals surface area contributed by atoms with Crippen LogP contribution < -0.4 is 5.32 Å². The lowest BCUT2D eigenvalue weighted by Gasteiger charge is -2.02. The van der Waals surface area contributed by atoms with Gasteiger partial charge in [-0.15, -0.1) is 0 Å². The number of aryl methyl sites for hydroxylation is 1. The zero-order valence-corrected chi connectivity index (χ0v) is 11.0. The highest BCUT2D eigenvalue weighted by atomic mass is 15.3. The SMILES string of the molecule is CCNCCCCn1cc(-c2ccccc2)cn1. The maximum atomic E-state index is 4.41. The minimum atomic E-state index is 0.998. The summed E-state index contributed by atoms with van der Waals surface area (Å²) in [6.45, 7) is 5.29. The van der Waals surface area contributed by atoms with Gasteiger partial charge in [-0.2, -0.15) is 5.10 Å². The Balaban J connectivity index is 1.83. The first-order valence-electron chi connectivity index (χ1n) is 6.68. The molecular weight excluding hydrogens is 222 g/mol. The molecule has 1 aromatic heterocycles. The van der Waals surface area contributed by atoms with Crippen molar-refractivity contribution in [3.05, 3.63) is 42.7 Å². The Morgan fingerprint density at radius 1 is 1.11 bits per heavy atom. The fourth-order valence-electron chi connectivity index (χ4n) is 1.97. The minimum absolute atomic E-state index is 0.998. The molecule has 0 aliphatic carbocycles. The molecule has 1 N–H and O–H groups in total. The van der Waals surface area contributed by atoms with Crippen LogP contribution in [-0.4, -0.2) is 22.9 Å². The summed E-state index contributed by atoms with van der Waals surface area (Å²) in [7, 11) is 0. The molecule has 18 heavy (non-hydrogen) atoms. The van der Waals surface area contributed by atoms with E-state index in [1.807, 2.05) is 16.9 Å². The fourth-order valence-corrected chi connectivity index (χ4v) is 1.97. The summed E-state index contributed by atoms with van der Waals surface area (Å²) in [6.07, 6.45) is 6.44. The number of hydrogen-bond donors (Lipinski definition) is 1.